The first-order chi connectivity index (χ1) is 9.28. The molecule has 0 saturated carbocycles. The second kappa shape index (κ2) is 7.04. The Morgan fingerprint density at radius 3 is 2.60 bits per heavy atom. The number of aromatic nitrogens is 1. The summed E-state index contributed by atoms with van der Waals surface area (Å²) in [5.74, 6) is -1.36. The fourth-order valence-corrected chi connectivity index (χ4v) is 2.12. The molecule has 4 nitrogen and oxygen atoms in total. The van der Waals surface area contributed by atoms with Crippen molar-refractivity contribution in [1.82, 2.24) is 4.98 Å². The maximum absolute atomic E-state index is 12.7. The van der Waals surface area contributed by atoms with Gasteiger partial charge in [-0.3, -0.25) is 9.78 Å². The monoisotopic (exact) mass is 407 g/mol. The Labute approximate surface area is 125 Å². The van der Waals surface area contributed by atoms with Crippen LogP contribution in [0.5, 0.6) is 5.75 Å². The number of carbonyl (C=O) groups is 1. The zero-order chi connectivity index (χ0) is 15.3. The number of pyridine rings is 1. The van der Waals surface area contributed by atoms with Crippen LogP contribution in [0.15, 0.2) is 6.20 Å². The van der Waals surface area contributed by atoms with E-state index in [0.717, 1.165) is 6.20 Å². The van der Waals surface area contributed by atoms with Gasteiger partial charge in [0.2, 0.25) is 0 Å². The lowest BCUT2D eigenvalue weighted by Gasteiger charge is -2.15. The third-order valence-corrected chi connectivity index (χ3v) is 3.41. The van der Waals surface area contributed by atoms with Crippen LogP contribution in [0.3, 0.4) is 0 Å². The van der Waals surface area contributed by atoms with Crippen molar-refractivity contribution in [2.45, 2.75) is 26.4 Å². The van der Waals surface area contributed by atoms with Gasteiger partial charge in [-0.25, -0.2) is 4.39 Å². The highest BCUT2D eigenvalue weighted by molar-refractivity contribution is 14.1. The quantitative estimate of drug-likeness (QED) is 0.428. The molecule has 0 atom stereocenters. The van der Waals surface area contributed by atoms with E-state index >= 15 is 0 Å². The van der Waals surface area contributed by atoms with Crippen molar-refractivity contribution in [3.8, 4) is 5.75 Å². The molecule has 0 bridgehead atoms. The molecule has 0 aliphatic rings. The first-order valence-corrected chi connectivity index (χ1v) is 6.50. The van der Waals surface area contributed by atoms with E-state index < -0.39 is 31.2 Å². The first kappa shape index (κ1) is 16.9. The topological polar surface area (TPSA) is 48.4 Å². The molecule has 0 spiro atoms. The largest absolute Gasteiger partial charge is 0.573 e. The molecule has 0 unspecified atom stereocenters. The summed E-state index contributed by atoms with van der Waals surface area (Å²) >= 11 is 1.62. The summed E-state index contributed by atoms with van der Waals surface area (Å²) in [6, 6.07) is 0. The molecule has 112 valence electrons. The maximum atomic E-state index is 12.7. The van der Waals surface area contributed by atoms with Gasteiger partial charge in [0.05, 0.1) is 24.9 Å². The Balaban J connectivity index is 3.16. The zero-order valence-corrected chi connectivity index (χ0v) is 12.4. The van der Waals surface area contributed by atoms with Gasteiger partial charge in [-0.05, 0) is 29.5 Å². The minimum atomic E-state index is -4.93. The standard InChI is InChI=1S/C11H10F4INO3/c1-2-19-9(18)3-6-8(20-11(13,14)15)5-17-7(4-12)10(6)16/h5H,2-4H2,1H3. The van der Waals surface area contributed by atoms with Crippen LogP contribution in [0.25, 0.3) is 0 Å². The number of hydrogen-bond donors (Lipinski definition) is 0. The fraction of sp³-hybridized carbons (Fsp3) is 0.455. The van der Waals surface area contributed by atoms with Crippen LogP contribution in [-0.2, 0) is 22.6 Å². The molecule has 0 fully saturated rings. The van der Waals surface area contributed by atoms with Crippen LogP contribution in [-0.4, -0.2) is 23.9 Å². The number of rotatable bonds is 5. The van der Waals surface area contributed by atoms with Gasteiger partial charge in [0, 0.05) is 9.13 Å². The van der Waals surface area contributed by atoms with Crippen LogP contribution in [0, 0.1) is 3.57 Å². The molecule has 0 N–H and O–H groups in total. The van der Waals surface area contributed by atoms with E-state index in [2.05, 4.69) is 14.5 Å². The molecule has 1 rings (SSSR count). The SMILES string of the molecule is CCOC(=O)Cc1c(OC(F)(F)F)cnc(CF)c1I. The Hall–Kier alpha value is -1.13. The van der Waals surface area contributed by atoms with Crippen molar-refractivity contribution >= 4 is 28.6 Å². The highest BCUT2D eigenvalue weighted by atomic mass is 127. The fourth-order valence-electron chi connectivity index (χ4n) is 1.38. The molecule has 0 radical (unpaired) electrons. The van der Waals surface area contributed by atoms with Crippen LogP contribution in [0.4, 0.5) is 17.6 Å². The number of halogens is 5. The third-order valence-electron chi connectivity index (χ3n) is 2.13. The maximum Gasteiger partial charge on any atom is 0.573 e. The van der Waals surface area contributed by atoms with Gasteiger partial charge in [-0.2, -0.15) is 0 Å². The van der Waals surface area contributed by atoms with E-state index in [1.165, 1.54) is 0 Å². The van der Waals surface area contributed by atoms with Crippen LogP contribution < -0.4 is 4.74 Å². The van der Waals surface area contributed by atoms with Gasteiger partial charge in [0.1, 0.15) is 6.67 Å². The number of esters is 1. The van der Waals surface area contributed by atoms with Gasteiger partial charge in [-0.1, -0.05) is 0 Å². The zero-order valence-electron chi connectivity index (χ0n) is 10.3. The van der Waals surface area contributed by atoms with E-state index in [9.17, 15) is 22.4 Å². The molecule has 0 aliphatic heterocycles. The number of alkyl halides is 4. The summed E-state index contributed by atoms with van der Waals surface area (Å²) in [6.07, 6.45) is -4.63. The summed E-state index contributed by atoms with van der Waals surface area (Å²) in [5.41, 5.74) is -0.150. The molecule has 0 aliphatic carbocycles. The first-order valence-electron chi connectivity index (χ1n) is 5.42. The van der Waals surface area contributed by atoms with Crippen molar-refractivity contribution in [2.24, 2.45) is 0 Å². The lowest BCUT2D eigenvalue weighted by Crippen LogP contribution is -2.20. The Kier molecular flexibility index (Phi) is 5.96. The third kappa shape index (κ3) is 4.76. The minimum Gasteiger partial charge on any atom is -0.466 e. The van der Waals surface area contributed by atoms with Gasteiger partial charge in [-0.15, -0.1) is 13.2 Å². The minimum absolute atomic E-state index is 0.0561. The van der Waals surface area contributed by atoms with E-state index in [1.54, 1.807) is 29.5 Å². The lowest BCUT2D eigenvalue weighted by molar-refractivity contribution is -0.275. The average Bonchev–Trinajstić information content (AvgIpc) is 2.32. The number of ether oxygens (including phenoxy) is 2. The van der Waals surface area contributed by atoms with Crippen molar-refractivity contribution < 1.29 is 31.8 Å². The number of nitrogens with zero attached hydrogens (tertiary/aromatic N) is 1. The highest BCUT2D eigenvalue weighted by Crippen LogP contribution is 2.31. The summed E-state index contributed by atoms with van der Waals surface area (Å²) in [6.45, 7) is 0.696. The molecule has 20 heavy (non-hydrogen) atoms. The molecule has 0 aromatic carbocycles. The van der Waals surface area contributed by atoms with Crippen molar-refractivity contribution in [1.29, 1.82) is 0 Å². The molecule has 9 heteroatoms. The van der Waals surface area contributed by atoms with Crippen LogP contribution in [0.1, 0.15) is 18.2 Å². The van der Waals surface area contributed by atoms with Crippen molar-refractivity contribution in [2.75, 3.05) is 6.61 Å². The van der Waals surface area contributed by atoms with Crippen LogP contribution in [0.2, 0.25) is 0 Å². The number of hydrogen-bond acceptors (Lipinski definition) is 4. The van der Waals surface area contributed by atoms with E-state index in [1.807, 2.05) is 0 Å². The number of carbonyl (C=O) groups excluding carboxylic acids is 1. The van der Waals surface area contributed by atoms with Gasteiger partial charge in [0.25, 0.3) is 0 Å². The van der Waals surface area contributed by atoms with E-state index in [0.29, 0.717) is 0 Å². The molecular weight excluding hydrogens is 397 g/mol. The average molecular weight is 407 g/mol. The molecule has 0 amide bonds. The predicted octanol–water partition coefficient (Wildman–Crippen LogP) is 3.16. The van der Waals surface area contributed by atoms with Crippen molar-refractivity contribution in [3.05, 3.63) is 21.0 Å². The van der Waals surface area contributed by atoms with Crippen molar-refractivity contribution in [3.63, 3.8) is 0 Å². The Morgan fingerprint density at radius 2 is 2.10 bits per heavy atom. The Morgan fingerprint density at radius 1 is 1.45 bits per heavy atom. The Bertz CT molecular complexity index is 493. The molecule has 1 aromatic heterocycles. The smallest absolute Gasteiger partial charge is 0.466 e. The molecule has 1 heterocycles. The second-order valence-corrected chi connectivity index (χ2v) is 4.60. The molecule has 0 saturated heterocycles. The molecular formula is C11H10F4INO3. The van der Waals surface area contributed by atoms with Gasteiger partial charge >= 0.3 is 12.3 Å². The predicted molar refractivity (Wildman–Crippen MR) is 68.8 cm³/mol. The summed E-state index contributed by atoms with van der Waals surface area (Å²) in [4.78, 5) is 14.9. The van der Waals surface area contributed by atoms with Crippen LogP contribution >= 0.6 is 22.6 Å². The summed E-state index contributed by atoms with van der Waals surface area (Å²) < 4.78 is 58.1. The summed E-state index contributed by atoms with van der Waals surface area (Å²) in [7, 11) is 0. The highest BCUT2D eigenvalue weighted by Gasteiger charge is 2.33. The second-order valence-electron chi connectivity index (χ2n) is 3.52. The van der Waals surface area contributed by atoms with Gasteiger partial charge in [0.15, 0.2) is 5.75 Å². The van der Waals surface area contributed by atoms with E-state index in [4.69, 9.17) is 0 Å². The molecule has 1 aromatic rings. The summed E-state index contributed by atoms with van der Waals surface area (Å²) in [5, 5.41) is 0. The van der Waals surface area contributed by atoms with Gasteiger partial charge < -0.3 is 9.47 Å². The lowest BCUT2D eigenvalue weighted by atomic mass is 10.1. The normalized spacial score (nSPS) is 11.3. The van der Waals surface area contributed by atoms with E-state index in [-0.39, 0.29) is 21.4 Å².